The summed E-state index contributed by atoms with van der Waals surface area (Å²) in [6.07, 6.45) is 3.10. The molecule has 1 saturated heterocycles. The Hall–Kier alpha value is -1.97. The lowest BCUT2D eigenvalue weighted by atomic mass is 9.98. The van der Waals surface area contributed by atoms with E-state index in [1.807, 2.05) is 7.05 Å². The van der Waals surface area contributed by atoms with Gasteiger partial charge in [-0.15, -0.1) is 0 Å². The Balaban J connectivity index is 2.39. The molecule has 2 rings (SSSR count). The average molecular weight is 314 g/mol. The maximum atomic E-state index is 8.74. The van der Waals surface area contributed by atoms with Crippen molar-refractivity contribution in [3.05, 3.63) is 40.2 Å². The first-order chi connectivity index (χ1) is 11.0. The normalized spacial score (nSPS) is 17.3. The number of rotatable bonds is 5. The van der Waals surface area contributed by atoms with E-state index in [-0.39, 0.29) is 0 Å². The Labute approximate surface area is 140 Å². The average Bonchev–Trinajstić information content (AvgIpc) is 2.50. The quantitative estimate of drug-likeness (QED) is 0.778. The number of hydrogen-bond donors (Lipinski definition) is 3. The molecule has 0 unspecified atom stereocenters. The van der Waals surface area contributed by atoms with Crippen LogP contribution in [0.4, 0.5) is 5.69 Å². The van der Waals surface area contributed by atoms with Crippen molar-refractivity contribution < 1.29 is 0 Å². The highest BCUT2D eigenvalue weighted by Gasteiger charge is 2.26. The predicted molar refractivity (Wildman–Crippen MR) is 99.3 cm³/mol. The minimum atomic E-state index is 0.624. The second-order valence-electron chi connectivity index (χ2n) is 6.38. The molecule has 4 heteroatoms. The largest absolute Gasteiger partial charge is 0.375 e. The molecule has 1 fully saturated rings. The van der Waals surface area contributed by atoms with Crippen molar-refractivity contribution in [1.82, 2.24) is 10.6 Å². The molecular formula is C19H30N4. The molecule has 1 heterocycles. The molecule has 0 saturated carbocycles. The van der Waals surface area contributed by atoms with Gasteiger partial charge < -0.3 is 15.5 Å². The first-order valence-corrected chi connectivity index (χ1v) is 8.58. The van der Waals surface area contributed by atoms with Crippen molar-refractivity contribution in [3.63, 3.8) is 0 Å². The monoisotopic (exact) mass is 314 g/mol. The highest BCUT2D eigenvalue weighted by Crippen LogP contribution is 2.31. The van der Waals surface area contributed by atoms with E-state index in [1.165, 1.54) is 22.4 Å². The molecule has 0 amide bonds. The molecule has 23 heavy (non-hydrogen) atoms. The highest BCUT2D eigenvalue weighted by molar-refractivity contribution is 6.09. The van der Waals surface area contributed by atoms with E-state index in [0.717, 1.165) is 43.7 Å². The third-order valence-corrected chi connectivity index (χ3v) is 4.37. The standard InChI is InChI=1S/C19H30N4/c1-6-9-22-19(21-5)16-8-7-10-23(18(16)20)17-14(3)11-13(2)12-15(17)4/h11-12,20-22H,6-10H2,1-5H3/b19-16+,20-18?. The van der Waals surface area contributed by atoms with Gasteiger partial charge in [-0.1, -0.05) is 24.6 Å². The molecule has 0 atom stereocenters. The minimum absolute atomic E-state index is 0.624. The number of nitrogens with zero attached hydrogens (tertiary/aromatic N) is 1. The molecule has 4 nitrogen and oxygen atoms in total. The highest BCUT2D eigenvalue weighted by atomic mass is 15.2. The number of aryl methyl sites for hydroxylation is 3. The van der Waals surface area contributed by atoms with E-state index in [0.29, 0.717) is 5.84 Å². The van der Waals surface area contributed by atoms with Gasteiger partial charge in [0.2, 0.25) is 0 Å². The zero-order chi connectivity index (χ0) is 17.0. The lowest BCUT2D eigenvalue weighted by Crippen LogP contribution is -2.40. The summed E-state index contributed by atoms with van der Waals surface area (Å²) < 4.78 is 0. The van der Waals surface area contributed by atoms with Gasteiger partial charge in [-0.3, -0.25) is 5.41 Å². The van der Waals surface area contributed by atoms with Crippen LogP contribution in [0.3, 0.4) is 0 Å². The zero-order valence-corrected chi connectivity index (χ0v) is 15.1. The first kappa shape index (κ1) is 17.4. The molecule has 0 radical (unpaired) electrons. The van der Waals surface area contributed by atoms with Crippen molar-refractivity contribution in [3.8, 4) is 0 Å². The number of anilines is 1. The molecule has 0 spiro atoms. The van der Waals surface area contributed by atoms with Gasteiger partial charge in [0.15, 0.2) is 0 Å². The Morgan fingerprint density at radius 1 is 1.22 bits per heavy atom. The summed E-state index contributed by atoms with van der Waals surface area (Å²) >= 11 is 0. The van der Waals surface area contributed by atoms with Crippen LogP contribution in [-0.2, 0) is 0 Å². The van der Waals surface area contributed by atoms with Gasteiger partial charge in [0.1, 0.15) is 11.7 Å². The van der Waals surface area contributed by atoms with Gasteiger partial charge in [-0.25, -0.2) is 0 Å². The minimum Gasteiger partial charge on any atom is -0.375 e. The van der Waals surface area contributed by atoms with E-state index in [4.69, 9.17) is 5.41 Å². The van der Waals surface area contributed by atoms with Crippen LogP contribution in [0.15, 0.2) is 23.5 Å². The number of piperidine rings is 1. The summed E-state index contributed by atoms with van der Waals surface area (Å²) in [5.41, 5.74) is 6.07. The fourth-order valence-electron chi connectivity index (χ4n) is 3.47. The molecular weight excluding hydrogens is 284 g/mol. The Morgan fingerprint density at radius 3 is 2.43 bits per heavy atom. The van der Waals surface area contributed by atoms with E-state index in [1.54, 1.807) is 0 Å². The predicted octanol–water partition coefficient (Wildman–Crippen LogP) is 3.62. The van der Waals surface area contributed by atoms with Crippen LogP contribution in [0.1, 0.15) is 42.9 Å². The van der Waals surface area contributed by atoms with Crippen LogP contribution in [0, 0.1) is 26.2 Å². The second-order valence-corrected chi connectivity index (χ2v) is 6.38. The molecule has 0 aliphatic carbocycles. The Kier molecular flexibility index (Phi) is 5.69. The summed E-state index contributed by atoms with van der Waals surface area (Å²) in [4.78, 5) is 2.17. The van der Waals surface area contributed by atoms with Gasteiger partial charge in [0, 0.05) is 31.4 Å². The van der Waals surface area contributed by atoms with Crippen molar-refractivity contribution >= 4 is 11.5 Å². The van der Waals surface area contributed by atoms with Gasteiger partial charge >= 0.3 is 0 Å². The van der Waals surface area contributed by atoms with Crippen LogP contribution < -0.4 is 15.5 Å². The third-order valence-electron chi connectivity index (χ3n) is 4.37. The molecule has 126 valence electrons. The maximum Gasteiger partial charge on any atom is 0.132 e. The first-order valence-electron chi connectivity index (χ1n) is 8.58. The van der Waals surface area contributed by atoms with Crippen LogP contribution in [0.25, 0.3) is 0 Å². The Bertz CT molecular complexity index is 593. The summed E-state index contributed by atoms with van der Waals surface area (Å²) in [7, 11) is 1.93. The lowest BCUT2D eigenvalue weighted by molar-refractivity contribution is 0.683. The second kappa shape index (κ2) is 7.53. The van der Waals surface area contributed by atoms with Crippen LogP contribution in [0.2, 0.25) is 0 Å². The molecule has 0 bridgehead atoms. The summed E-state index contributed by atoms with van der Waals surface area (Å²) in [6, 6.07) is 4.42. The molecule has 1 aromatic rings. The number of nitrogens with one attached hydrogen (secondary N) is 3. The molecule has 3 N–H and O–H groups in total. The third kappa shape index (κ3) is 3.69. The smallest absolute Gasteiger partial charge is 0.132 e. The van der Waals surface area contributed by atoms with Gasteiger partial charge in [-0.2, -0.15) is 0 Å². The SMILES string of the molecule is CCCN/C(NC)=C1\CCCN(c2c(C)cc(C)cc2C)C1=N. The van der Waals surface area contributed by atoms with Crippen LogP contribution in [-0.4, -0.2) is 26.0 Å². The molecule has 1 aromatic carbocycles. The van der Waals surface area contributed by atoms with E-state index >= 15 is 0 Å². The maximum absolute atomic E-state index is 8.74. The number of benzene rings is 1. The van der Waals surface area contributed by atoms with Gasteiger partial charge in [-0.05, 0) is 51.2 Å². The Morgan fingerprint density at radius 2 is 1.87 bits per heavy atom. The molecule has 1 aliphatic rings. The van der Waals surface area contributed by atoms with E-state index in [9.17, 15) is 0 Å². The van der Waals surface area contributed by atoms with Crippen molar-refractivity contribution in [2.45, 2.75) is 47.0 Å². The van der Waals surface area contributed by atoms with Gasteiger partial charge in [0.05, 0.1) is 0 Å². The molecule has 0 aromatic heterocycles. The van der Waals surface area contributed by atoms with Crippen LogP contribution >= 0.6 is 0 Å². The summed E-state index contributed by atoms with van der Waals surface area (Å²) in [6.45, 7) is 10.4. The number of amidine groups is 1. The van der Waals surface area contributed by atoms with Crippen molar-refractivity contribution in [2.75, 3.05) is 25.0 Å². The van der Waals surface area contributed by atoms with Crippen molar-refractivity contribution in [2.24, 2.45) is 0 Å². The topological polar surface area (TPSA) is 51.1 Å². The van der Waals surface area contributed by atoms with Gasteiger partial charge in [0.25, 0.3) is 0 Å². The fourth-order valence-corrected chi connectivity index (χ4v) is 3.47. The summed E-state index contributed by atoms with van der Waals surface area (Å²) in [5, 5.41) is 15.4. The fraction of sp³-hybridized carbons (Fsp3) is 0.526. The van der Waals surface area contributed by atoms with Crippen molar-refractivity contribution in [1.29, 1.82) is 5.41 Å². The van der Waals surface area contributed by atoms with Crippen LogP contribution in [0.5, 0.6) is 0 Å². The van der Waals surface area contributed by atoms with E-state index in [2.05, 4.69) is 55.4 Å². The number of hydrogen-bond acceptors (Lipinski definition) is 3. The lowest BCUT2D eigenvalue weighted by Gasteiger charge is -2.34. The van der Waals surface area contributed by atoms with E-state index < -0.39 is 0 Å². The molecule has 1 aliphatic heterocycles. The summed E-state index contributed by atoms with van der Waals surface area (Å²) in [5.74, 6) is 1.63. The zero-order valence-electron chi connectivity index (χ0n) is 15.1.